The Morgan fingerprint density at radius 3 is 2.95 bits per heavy atom. The van der Waals surface area contributed by atoms with Gasteiger partial charge in [-0.15, -0.1) is 11.3 Å². The summed E-state index contributed by atoms with van der Waals surface area (Å²) in [5.74, 6) is 0.548. The minimum Gasteiger partial charge on any atom is -0.339 e. The summed E-state index contributed by atoms with van der Waals surface area (Å²) >= 11 is 1.54. The zero-order valence-corrected chi connectivity index (χ0v) is 11.9. The number of amides is 1. The summed E-state index contributed by atoms with van der Waals surface area (Å²) in [5.41, 5.74) is 1.33. The Kier molecular flexibility index (Phi) is 3.92. The van der Waals surface area contributed by atoms with Gasteiger partial charge in [0, 0.05) is 36.7 Å². The minimum atomic E-state index is 0.0821. The van der Waals surface area contributed by atoms with Crippen LogP contribution >= 0.6 is 11.3 Å². The Morgan fingerprint density at radius 1 is 1.35 bits per heavy atom. The molecule has 4 heteroatoms. The zero-order chi connectivity index (χ0) is 13.8. The van der Waals surface area contributed by atoms with E-state index < -0.39 is 0 Å². The molecule has 2 aromatic rings. The van der Waals surface area contributed by atoms with Gasteiger partial charge >= 0.3 is 0 Å². The highest BCUT2D eigenvalue weighted by atomic mass is 32.1. The average molecular weight is 284 g/mol. The van der Waals surface area contributed by atoms with E-state index in [1.807, 2.05) is 16.3 Å². The number of hydrogen-bond acceptors (Lipinski definition) is 3. The van der Waals surface area contributed by atoms with Crippen LogP contribution in [0.2, 0.25) is 0 Å². The van der Waals surface area contributed by atoms with E-state index in [0.29, 0.717) is 5.92 Å². The van der Waals surface area contributed by atoms with Gasteiger partial charge in [-0.05, 0) is 18.1 Å². The van der Waals surface area contributed by atoms with E-state index >= 15 is 0 Å². The molecule has 1 aliphatic rings. The van der Waals surface area contributed by atoms with E-state index in [2.05, 4.69) is 29.2 Å². The molecule has 0 saturated carbocycles. The first-order valence-electron chi connectivity index (χ1n) is 6.74. The second-order valence-corrected chi connectivity index (χ2v) is 5.81. The van der Waals surface area contributed by atoms with Gasteiger partial charge in [0.05, 0.1) is 0 Å². The number of rotatable bonds is 3. The van der Waals surface area contributed by atoms with Crippen LogP contribution in [0.1, 0.15) is 22.9 Å². The van der Waals surface area contributed by atoms with Crippen LogP contribution in [0.5, 0.6) is 0 Å². The van der Waals surface area contributed by atoms with Gasteiger partial charge in [-0.2, -0.15) is 0 Å². The van der Waals surface area contributed by atoms with Crippen LogP contribution in [-0.2, 0) is 4.79 Å². The first-order chi connectivity index (χ1) is 9.83. The molecule has 1 unspecified atom stereocenters. The number of thiazole rings is 1. The highest BCUT2D eigenvalue weighted by Gasteiger charge is 2.25. The van der Waals surface area contributed by atoms with E-state index in [9.17, 15) is 4.79 Å². The smallest absolute Gasteiger partial charge is 0.246 e. The van der Waals surface area contributed by atoms with Crippen LogP contribution < -0.4 is 0 Å². The standard InChI is InChI=1S/C16H16N2OS/c19-16(7-6-15-17-9-11-20-15)18-10-8-14(12-18)13-4-2-1-3-5-13/h1-7,9,11,14H,8,10,12H2/b7-6+. The van der Waals surface area contributed by atoms with Gasteiger partial charge in [-0.25, -0.2) is 4.98 Å². The van der Waals surface area contributed by atoms with Crippen molar-refractivity contribution in [3.63, 3.8) is 0 Å². The fraction of sp³-hybridized carbons (Fsp3) is 0.250. The fourth-order valence-electron chi connectivity index (χ4n) is 2.52. The maximum atomic E-state index is 12.1. The van der Waals surface area contributed by atoms with Crippen LogP contribution in [0, 0.1) is 0 Å². The lowest BCUT2D eigenvalue weighted by Gasteiger charge is -2.14. The third kappa shape index (κ3) is 2.96. The molecule has 20 heavy (non-hydrogen) atoms. The van der Waals surface area contributed by atoms with Crippen LogP contribution in [0.3, 0.4) is 0 Å². The number of hydrogen-bond donors (Lipinski definition) is 0. The van der Waals surface area contributed by atoms with E-state index in [-0.39, 0.29) is 5.91 Å². The summed E-state index contributed by atoms with van der Waals surface area (Å²) in [7, 11) is 0. The lowest BCUT2D eigenvalue weighted by atomic mass is 9.99. The van der Waals surface area contributed by atoms with Crippen molar-refractivity contribution in [1.82, 2.24) is 9.88 Å². The Hall–Kier alpha value is -1.94. The first-order valence-corrected chi connectivity index (χ1v) is 7.62. The van der Waals surface area contributed by atoms with Crippen molar-refractivity contribution in [2.45, 2.75) is 12.3 Å². The summed E-state index contributed by atoms with van der Waals surface area (Å²) < 4.78 is 0. The Balaban J connectivity index is 1.61. The maximum absolute atomic E-state index is 12.1. The van der Waals surface area contributed by atoms with Crippen molar-refractivity contribution in [2.75, 3.05) is 13.1 Å². The second kappa shape index (κ2) is 6.01. The number of likely N-dealkylation sites (tertiary alicyclic amines) is 1. The third-order valence-electron chi connectivity index (χ3n) is 3.59. The Bertz CT molecular complexity index is 592. The average Bonchev–Trinajstić information content (AvgIpc) is 3.17. The van der Waals surface area contributed by atoms with E-state index in [4.69, 9.17) is 0 Å². The predicted molar refractivity (Wildman–Crippen MR) is 81.5 cm³/mol. The first kappa shape index (κ1) is 13.1. The monoisotopic (exact) mass is 284 g/mol. The second-order valence-electron chi connectivity index (χ2n) is 4.88. The highest BCUT2D eigenvalue weighted by Crippen LogP contribution is 2.27. The molecule has 1 amide bonds. The van der Waals surface area contributed by atoms with Crippen molar-refractivity contribution in [3.05, 3.63) is 58.6 Å². The topological polar surface area (TPSA) is 33.2 Å². The molecular formula is C16H16N2OS. The van der Waals surface area contributed by atoms with Gasteiger partial charge in [-0.1, -0.05) is 30.3 Å². The number of carbonyl (C=O) groups excluding carboxylic acids is 1. The molecule has 0 bridgehead atoms. The van der Waals surface area contributed by atoms with Crippen LogP contribution in [0.15, 0.2) is 48.0 Å². The highest BCUT2D eigenvalue weighted by molar-refractivity contribution is 7.10. The summed E-state index contributed by atoms with van der Waals surface area (Å²) in [6.45, 7) is 1.64. The molecular weight excluding hydrogens is 268 g/mol. The SMILES string of the molecule is O=C(/C=C/c1nccs1)N1CCC(c2ccccc2)C1. The molecule has 1 aromatic carbocycles. The zero-order valence-electron chi connectivity index (χ0n) is 11.1. The molecule has 0 spiro atoms. The van der Waals surface area contributed by atoms with Gasteiger partial charge in [-0.3, -0.25) is 4.79 Å². The van der Waals surface area contributed by atoms with Crippen molar-refractivity contribution in [1.29, 1.82) is 0 Å². The van der Waals surface area contributed by atoms with E-state index in [1.165, 1.54) is 16.9 Å². The van der Waals surface area contributed by atoms with Gasteiger partial charge < -0.3 is 4.90 Å². The Labute approximate surface area is 122 Å². The van der Waals surface area contributed by atoms with Gasteiger partial charge in [0.25, 0.3) is 0 Å². The van der Waals surface area contributed by atoms with Crippen molar-refractivity contribution >= 4 is 23.3 Å². The lowest BCUT2D eigenvalue weighted by Crippen LogP contribution is -2.26. The molecule has 102 valence electrons. The molecule has 0 aliphatic carbocycles. The molecule has 0 N–H and O–H groups in total. The molecule has 1 saturated heterocycles. The van der Waals surface area contributed by atoms with E-state index in [1.54, 1.807) is 18.3 Å². The van der Waals surface area contributed by atoms with Crippen molar-refractivity contribution < 1.29 is 4.79 Å². The summed E-state index contributed by atoms with van der Waals surface area (Å²) in [6.07, 6.45) is 6.21. The summed E-state index contributed by atoms with van der Waals surface area (Å²) in [6, 6.07) is 10.4. The van der Waals surface area contributed by atoms with Gasteiger partial charge in [0.2, 0.25) is 5.91 Å². The fourth-order valence-corrected chi connectivity index (χ4v) is 3.05. The molecule has 1 fully saturated rings. The molecule has 0 radical (unpaired) electrons. The minimum absolute atomic E-state index is 0.0821. The molecule has 1 atom stereocenters. The van der Waals surface area contributed by atoms with Gasteiger partial charge in [0.1, 0.15) is 5.01 Å². The van der Waals surface area contributed by atoms with Crippen molar-refractivity contribution in [3.8, 4) is 0 Å². The number of nitrogens with zero attached hydrogens (tertiary/aromatic N) is 2. The van der Waals surface area contributed by atoms with Crippen LogP contribution in [0.25, 0.3) is 6.08 Å². The Morgan fingerprint density at radius 2 is 2.20 bits per heavy atom. The predicted octanol–water partition coefficient (Wildman–Crippen LogP) is 3.17. The normalized spacial score (nSPS) is 18.8. The van der Waals surface area contributed by atoms with Crippen LogP contribution in [-0.4, -0.2) is 28.9 Å². The molecule has 3 nitrogen and oxygen atoms in total. The molecule has 2 heterocycles. The largest absolute Gasteiger partial charge is 0.339 e. The molecule has 1 aromatic heterocycles. The number of aromatic nitrogens is 1. The maximum Gasteiger partial charge on any atom is 0.246 e. The van der Waals surface area contributed by atoms with Crippen LogP contribution in [0.4, 0.5) is 0 Å². The van der Waals surface area contributed by atoms with E-state index in [0.717, 1.165) is 24.5 Å². The summed E-state index contributed by atoms with van der Waals surface area (Å²) in [4.78, 5) is 18.2. The quantitative estimate of drug-likeness (QED) is 0.811. The molecule has 3 rings (SSSR count). The number of carbonyl (C=O) groups is 1. The van der Waals surface area contributed by atoms with Crippen molar-refractivity contribution in [2.24, 2.45) is 0 Å². The van der Waals surface area contributed by atoms with Gasteiger partial charge in [0.15, 0.2) is 0 Å². The third-order valence-corrected chi connectivity index (χ3v) is 4.33. The molecule has 1 aliphatic heterocycles. The number of benzene rings is 1. The summed E-state index contributed by atoms with van der Waals surface area (Å²) in [5, 5.41) is 2.78. The lowest BCUT2D eigenvalue weighted by molar-refractivity contribution is -0.124.